The number of nitrogens with two attached hydrogens (primary N) is 1. The fourth-order valence-electron chi connectivity index (χ4n) is 2.85. The lowest BCUT2D eigenvalue weighted by Gasteiger charge is -2.17. The number of ether oxygens (including phenoxy) is 3. The first kappa shape index (κ1) is 17.2. The average Bonchev–Trinajstić information content (AvgIpc) is 3.12. The number of fused-ring (bicyclic) bond motifs is 1. The Hall–Kier alpha value is -2.23. The zero-order valence-electron chi connectivity index (χ0n) is 14.3. The molecular formula is C17H18BrN5O3. The highest BCUT2D eigenvalue weighted by atomic mass is 79.9. The van der Waals surface area contributed by atoms with Crippen molar-refractivity contribution in [2.45, 2.75) is 25.7 Å². The minimum Gasteiger partial charge on any atom is -0.462 e. The summed E-state index contributed by atoms with van der Waals surface area (Å²) in [4.78, 5) is 12.8. The Morgan fingerprint density at radius 1 is 1.35 bits per heavy atom. The van der Waals surface area contributed by atoms with Crippen LogP contribution >= 0.6 is 15.9 Å². The molecule has 4 rings (SSSR count). The lowest BCUT2D eigenvalue weighted by Crippen LogP contribution is -2.25. The van der Waals surface area contributed by atoms with Crippen LogP contribution in [0.4, 0.5) is 5.95 Å². The van der Waals surface area contributed by atoms with Crippen molar-refractivity contribution >= 4 is 32.9 Å². The van der Waals surface area contributed by atoms with Crippen LogP contribution in [0.25, 0.3) is 16.9 Å². The molecule has 1 aliphatic heterocycles. The largest absolute Gasteiger partial charge is 0.462 e. The Morgan fingerprint density at radius 3 is 2.92 bits per heavy atom. The smallest absolute Gasteiger partial charge is 0.303 e. The number of rotatable bonds is 4. The highest BCUT2D eigenvalue weighted by Gasteiger charge is 2.33. The summed E-state index contributed by atoms with van der Waals surface area (Å²) in [5, 5.41) is 0. The van der Waals surface area contributed by atoms with Crippen LogP contribution in [0.15, 0.2) is 34.9 Å². The molecule has 0 amide bonds. The number of hydrogen-bond acceptors (Lipinski definition) is 7. The van der Waals surface area contributed by atoms with Crippen molar-refractivity contribution in [3.8, 4) is 11.8 Å². The van der Waals surface area contributed by atoms with Gasteiger partial charge in [-0.2, -0.15) is 9.97 Å². The molecule has 3 heterocycles. The molecule has 0 aliphatic carbocycles. The molecule has 1 fully saturated rings. The Balaban J connectivity index is 1.70. The highest BCUT2D eigenvalue weighted by molar-refractivity contribution is 9.10. The SMILES string of the molecule is CC1(C)OCC(COc2nc3ccc(Br)cc3n2-c2ccnc(N)n2)O1. The van der Waals surface area contributed by atoms with Gasteiger partial charge in [0.25, 0.3) is 0 Å². The van der Waals surface area contributed by atoms with Crippen LogP contribution in [0.1, 0.15) is 13.8 Å². The van der Waals surface area contributed by atoms with Crippen molar-refractivity contribution in [1.82, 2.24) is 19.5 Å². The van der Waals surface area contributed by atoms with Gasteiger partial charge >= 0.3 is 6.01 Å². The molecule has 2 aromatic heterocycles. The van der Waals surface area contributed by atoms with E-state index in [1.165, 1.54) is 0 Å². The van der Waals surface area contributed by atoms with E-state index in [-0.39, 0.29) is 12.1 Å². The first-order valence-corrected chi connectivity index (χ1v) is 8.92. The van der Waals surface area contributed by atoms with E-state index in [1.807, 2.05) is 32.0 Å². The fourth-order valence-corrected chi connectivity index (χ4v) is 3.19. The second kappa shape index (κ2) is 6.49. The van der Waals surface area contributed by atoms with E-state index in [0.717, 1.165) is 15.5 Å². The summed E-state index contributed by atoms with van der Waals surface area (Å²) in [6, 6.07) is 7.94. The standard InChI is InChI=1S/C17H18BrN5O3/c1-17(2)25-9-11(26-17)8-24-16-21-12-4-3-10(18)7-13(12)23(16)14-5-6-20-15(19)22-14/h3-7,11H,8-9H2,1-2H3,(H2,19,20,22). The van der Waals surface area contributed by atoms with Gasteiger partial charge in [0, 0.05) is 16.7 Å². The number of benzene rings is 1. The van der Waals surface area contributed by atoms with E-state index in [4.69, 9.17) is 19.9 Å². The lowest BCUT2D eigenvalue weighted by atomic mass is 10.3. The van der Waals surface area contributed by atoms with Gasteiger partial charge in [-0.3, -0.25) is 0 Å². The van der Waals surface area contributed by atoms with E-state index >= 15 is 0 Å². The number of anilines is 1. The van der Waals surface area contributed by atoms with Crippen LogP contribution in [0.2, 0.25) is 0 Å². The van der Waals surface area contributed by atoms with Gasteiger partial charge in [0.1, 0.15) is 18.5 Å². The maximum Gasteiger partial charge on any atom is 0.303 e. The zero-order chi connectivity index (χ0) is 18.3. The Bertz CT molecular complexity index is 959. The summed E-state index contributed by atoms with van der Waals surface area (Å²) in [5.74, 6) is 0.164. The van der Waals surface area contributed by atoms with Crippen molar-refractivity contribution in [3.63, 3.8) is 0 Å². The van der Waals surface area contributed by atoms with Crippen LogP contribution in [0, 0.1) is 0 Å². The molecule has 0 bridgehead atoms. The van der Waals surface area contributed by atoms with Gasteiger partial charge in [-0.05, 0) is 32.0 Å². The fraction of sp³-hybridized carbons (Fsp3) is 0.353. The van der Waals surface area contributed by atoms with Gasteiger partial charge in [0.15, 0.2) is 5.79 Å². The van der Waals surface area contributed by atoms with Crippen LogP contribution in [0.5, 0.6) is 6.01 Å². The topological polar surface area (TPSA) is 97.3 Å². The van der Waals surface area contributed by atoms with Gasteiger partial charge in [-0.25, -0.2) is 9.55 Å². The maximum absolute atomic E-state index is 5.96. The Morgan fingerprint density at radius 2 is 2.19 bits per heavy atom. The molecule has 0 spiro atoms. The van der Waals surface area contributed by atoms with Crippen molar-refractivity contribution in [2.75, 3.05) is 18.9 Å². The molecule has 1 saturated heterocycles. The Kier molecular flexibility index (Phi) is 4.29. The zero-order valence-corrected chi connectivity index (χ0v) is 15.9. The molecule has 26 heavy (non-hydrogen) atoms. The summed E-state index contributed by atoms with van der Waals surface area (Å²) in [7, 11) is 0. The van der Waals surface area contributed by atoms with E-state index in [0.29, 0.717) is 25.0 Å². The van der Waals surface area contributed by atoms with Gasteiger partial charge in [-0.15, -0.1) is 0 Å². The summed E-state index contributed by atoms with van der Waals surface area (Å²) in [6.07, 6.45) is 1.43. The maximum atomic E-state index is 5.96. The number of hydrogen-bond donors (Lipinski definition) is 1. The molecule has 136 valence electrons. The van der Waals surface area contributed by atoms with E-state index in [2.05, 4.69) is 30.9 Å². The number of imidazole rings is 1. The number of halogens is 1. The third-order valence-electron chi connectivity index (χ3n) is 3.94. The monoisotopic (exact) mass is 419 g/mol. The molecule has 3 aromatic rings. The normalized spacial score (nSPS) is 19.1. The molecule has 8 nitrogen and oxygen atoms in total. The first-order valence-electron chi connectivity index (χ1n) is 8.13. The summed E-state index contributed by atoms with van der Waals surface area (Å²) >= 11 is 3.49. The first-order chi connectivity index (χ1) is 12.4. The van der Waals surface area contributed by atoms with Crippen LogP contribution < -0.4 is 10.5 Å². The molecule has 1 aliphatic rings. The van der Waals surface area contributed by atoms with Crippen molar-refractivity contribution in [2.24, 2.45) is 0 Å². The summed E-state index contributed by atoms with van der Waals surface area (Å²) < 4.78 is 20.1. The molecule has 9 heteroatoms. The molecule has 0 saturated carbocycles. The molecule has 1 aromatic carbocycles. The number of nitrogens with zero attached hydrogens (tertiary/aromatic N) is 4. The molecular weight excluding hydrogens is 402 g/mol. The van der Waals surface area contributed by atoms with Crippen LogP contribution in [0.3, 0.4) is 0 Å². The molecule has 1 atom stereocenters. The third-order valence-corrected chi connectivity index (χ3v) is 4.43. The van der Waals surface area contributed by atoms with Crippen LogP contribution in [-0.2, 0) is 9.47 Å². The highest BCUT2D eigenvalue weighted by Crippen LogP contribution is 2.29. The second-order valence-corrected chi connectivity index (χ2v) is 7.31. The third kappa shape index (κ3) is 3.37. The van der Waals surface area contributed by atoms with Gasteiger partial charge < -0.3 is 19.9 Å². The van der Waals surface area contributed by atoms with Crippen molar-refractivity contribution in [3.05, 3.63) is 34.9 Å². The minimum absolute atomic E-state index is 0.166. The van der Waals surface area contributed by atoms with Crippen molar-refractivity contribution < 1.29 is 14.2 Å². The van der Waals surface area contributed by atoms with Gasteiger partial charge in [-0.1, -0.05) is 15.9 Å². The minimum atomic E-state index is -0.597. The van der Waals surface area contributed by atoms with Crippen LogP contribution in [-0.4, -0.2) is 44.6 Å². The summed E-state index contributed by atoms with van der Waals surface area (Å²) in [5.41, 5.74) is 7.38. The molecule has 2 N–H and O–H groups in total. The number of nitrogen functional groups attached to an aromatic ring is 1. The summed E-state index contributed by atoms with van der Waals surface area (Å²) in [6.45, 7) is 4.54. The van der Waals surface area contributed by atoms with E-state index in [1.54, 1.807) is 16.8 Å². The molecule has 0 radical (unpaired) electrons. The van der Waals surface area contributed by atoms with E-state index in [9.17, 15) is 0 Å². The predicted molar refractivity (Wildman–Crippen MR) is 99.2 cm³/mol. The predicted octanol–water partition coefficient (Wildman–Crippen LogP) is 2.69. The number of aromatic nitrogens is 4. The lowest BCUT2D eigenvalue weighted by molar-refractivity contribution is -0.141. The Labute approximate surface area is 158 Å². The van der Waals surface area contributed by atoms with Crippen molar-refractivity contribution in [1.29, 1.82) is 0 Å². The van der Waals surface area contributed by atoms with E-state index < -0.39 is 5.79 Å². The second-order valence-electron chi connectivity index (χ2n) is 6.40. The molecule has 1 unspecified atom stereocenters. The van der Waals surface area contributed by atoms with Gasteiger partial charge in [0.05, 0.1) is 17.6 Å². The van der Waals surface area contributed by atoms with Gasteiger partial charge in [0.2, 0.25) is 5.95 Å². The average molecular weight is 420 g/mol. The quantitative estimate of drug-likeness (QED) is 0.693.